The number of imide groups is 1. The van der Waals surface area contributed by atoms with Gasteiger partial charge in [0, 0.05) is 5.56 Å². The van der Waals surface area contributed by atoms with E-state index < -0.39 is 5.41 Å². The molecule has 0 radical (unpaired) electrons. The number of anilines is 1. The van der Waals surface area contributed by atoms with Crippen molar-refractivity contribution in [2.45, 2.75) is 5.41 Å². The zero-order chi connectivity index (χ0) is 20.5. The minimum atomic E-state index is -0.966. The van der Waals surface area contributed by atoms with E-state index in [1.54, 1.807) is 24.3 Å². The summed E-state index contributed by atoms with van der Waals surface area (Å²) in [7, 11) is 0. The van der Waals surface area contributed by atoms with E-state index in [0.717, 1.165) is 16.0 Å². The Morgan fingerprint density at radius 1 is 0.733 bits per heavy atom. The number of carbonyl (C=O) groups is 3. The predicted octanol–water partition coefficient (Wildman–Crippen LogP) is 2.97. The molecule has 6 rings (SSSR count). The molecule has 3 aliphatic heterocycles. The number of para-hydroxylation sites is 2. The Bertz CT molecular complexity index is 1230. The van der Waals surface area contributed by atoms with Crippen molar-refractivity contribution in [2.75, 3.05) is 18.2 Å². The van der Waals surface area contributed by atoms with Gasteiger partial charge in [-0.3, -0.25) is 24.2 Å². The zero-order valence-electron chi connectivity index (χ0n) is 15.9. The van der Waals surface area contributed by atoms with E-state index in [4.69, 9.17) is 4.74 Å². The summed E-state index contributed by atoms with van der Waals surface area (Å²) < 4.78 is 5.88. The van der Waals surface area contributed by atoms with Gasteiger partial charge in [-0.1, -0.05) is 48.5 Å². The first-order valence-corrected chi connectivity index (χ1v) is 9.72. The number of hydrogen-bond donors (Lipinski definition) is 0. The highest BCUT2D eigenvalue weighted by molar-refractivity contribution is 6.22. The van der Waals surface area contributed by atoms with Gasteiger partial charge in [-0.2, -0.15) is 0 Å². The van der Waals surface area contributed by atoms with Crippen LogP contribution in [0.4, 0.5) is 5.69 Å². The fourth-order valence-electron chi connectivity index (χ4n) is 4.78. The lowest BCUT2D eigenvalue weighted by molar-refractivity contribution is -0.122. The van der Waals surface area contributed by atoms with E-state index >= 15 is 0 Å². The molecule has 0 fully saturated rings. The Labute approximate surface area is 172 Å². The quantitative estimate of drug-likeness (QED) is 0.625. The molecule has 0 saturated heterocycles. The van der Waals surface area contributed by atoms with E-state index in [-0.39, 0.29) is 31.0 Å². The minimum absolute atomic E-state index is 0.133. The third kappa shape index (κ3) is 1.95. The molecule has 0 bridgehead atoms. The first-order valence-electron chi connectivity index (χ1n) is 9.72. The molecule has 3 aliphatic rings. The maximum atomic E-state index is 13.8. The zero-order valence-corrected chi connectivity index (χ0v) is 15.9. The summed E-state index contributed by atoms with van der Waals surface area (Å²) in [4.78, 5) is 42.2. The van der Waals surface area contributed by atoms with Gasteiger partial charge in [0.1, 0.15) is 24.4 Å². The Morgan fingerprint density at radius 2 is 1.33 bits per heavy atom. The molecule has 1 unspecified atom stereocenters. The van der Waals surface area contributed by atoms with Crippen LogP contribution in [0, 0.1) is 0 Å². The van der Waals surface area contributed by atoms with Gasteiger partial charge in [0.15, 0.2) is 0 Å². The normalized spacial score (nSPS) is 21.1. The number of fused-ring (bicyclic) bond motifs is 5. The van der Waals surface area contributed by atoms with Crippen LogP contribution in [0.5, 0.6) is 5.75 Å². The van der Waals surface area contributed by atoms with Crippen molar-refractivity contribution in [3.63, 3.8) is 0 Å². The number of carbonyl (C=O) groups excluding carboxylic acids is 3. The average Bonchev–Trinajstić information content (AvgIpc) is 3.37. The molecule has 1 atom stereocenters. The van der Waals surface area contributed by atoms with Crippen molar-refractivity contribution in [3.05, 3.63) is 95.1 Å². The molecule has 6 nitrogen and oxygen atoms in total. The lowest BCUT2D eigenvalue weighted by Crippen LogP contribution is -2.48. The van der Waals surface area contributed by atoms with Gasteiger partial charge in [-0.05, 0) is 29.8 Å². The molecule has 3 amide bonds. The maximum Gasteiger partial charge on any atom is 0.263 e. The van der Waals surface area contributed by atoms with Crippen LogP contribution in [-0.4, -0.2) is 35.9 Å². The van der Waals surface area contributed by atoms with Crippen molar-refractivity contribution >= 4 is 23.4 Å². The molecule has 30 heavy (non-hydrogen) atoms. The summed E-state index contributed by atoms with van der Waals surface area (Å²) in [5, 5.41) is 0. The van der Waals surface area contributed by atoms with E-state index in [2.05, 4.69) is 0 Å². The van der Waals surface area contributed by atoms with Crippen LogP contribution < -0.4 is 9.64 Å². The molecule has 0 N–H and O–H groups in total. The van der Waals surface area contributed by atoms with Crippen LogP contribution >= 0.6 is 0 Å². The lowest BCUT2D eigenvalue weighted by Gasteiger charge is -2.26. The van der Waals surface area contributed by atoms with E-state index in [9.17, 15) is 14.4 Å². The van der Waals surface area contributed by atoms with Crippen LogP contribution in [0.3, 0.4) is 0 Å². The summed E-state index contributed by atoms with van der Waals surface area (Å²) in [5.41, 5.74) is 2.10. The molecule has 3 aromatic carbocycles. The third-order valence-electron chi connectivity index (χ3n) is 6.22. The molecule has 0 aliphatic carbocycles. The van der Waals surface area contributed by atoms with Crippen LogP contribution in [-0.2, 0) is 10.2 Å². The van der Waals surface area contributed by atoms with Crippen LogP contribution in [0.2, 0.25) is 0 Å². The SMILES string of the molecule is O=C1c2ccccc2C(=O)N1CN1C(=O)C2(COc3ccccc32)c2ccccc21. The molecule has 1 spiro atoms. The Balaban J connectivity index is 1.45. The highest BCUT2D eigenvalue weighted by Gasteiger charge is 2.57. The highest BCUT2D eigenvalue weighted by Crippen LogP contribution is 2.52. The first-order chi connectivity index (χ1) is 14.6. The number of rotatable bonds is 2. The number of amides is 3. The van der Waals surface area contributed by atoms with Gasteiger partial charge in [0.05, 0.1) is 16.8 Å². The second-order valence-electron chi connectivity index (χ2n) is 7.67. The van der Waals surface area contributed by atoms with Crippen molar-refractivity contribution in [2.24, 2.45) is 0 Å². The maximum absolute atomic E-state index is 13.8. The van der Waals surface area contributed by atoms with Crippen molar-refractivity contribution in [1.82, 2.24) is 4.90 Å². The molecular weight excluding hydrogens is 380 g/mol. The fourth-order valence-corrected chi connectivity index (χ4v) is 4.78. The predicted molar refractivity (Wildman–Crippen MR) is 108 cm³/mol. The number of ether oxygens (including phenoxy) is 1. The minimum Gasteiger partial charge on any atom is -0.491 e. The molecular formula is C24H16N2O4. The summed E-state index contributed by atoms with van der Waals surface area (Å²) in [6.07, 6.45) is 0. The van der Waals surface area contributed by atoms with Gasteiger partial charge in [-0.15, -0.1) is 0 Å². The summed E-state index contributed by atoms with van der Waals surface area (Å²) >= 11 is 0. The van der Waals surface area contributed by atoms with Crippen LogP contribution in [0.25, 0.3) is 0 Å². The Kier molecular flexibility index (Phi) is 3.28. The largest absolute Gasteiger partial charge is 0.491 e. The van der Waals surface area contributed by atoms with Crippen molar-refractivity contribution in [3.8, 4) is 5.75 Å². The molecule has 3 heterocycles. The second-order valence-corrected chi connectivity index (χ2v) is 7.67. The van der Waals surface area contributed by atoms with Crippen LogP contribution in [0.15, 0.2) is 72.8 Å². The Hall–Kier alpha value is -3.93. The van der Waals surface area contributed by atoms with Gasteiger partial charge in [0.25, 0.3) is 11.8 Å². The fraction of sp³-hybridized carbons (Fsp3) is 0.125. The van der Waals surface area contributed by atoms with Gasteiger partial charge >= 0.3 is 0 Å². The molecule has 146 valence electrons. The first kappa shape index (κ1) is 17.0. The van der Waals surface area contributed by atoms with Gasteiger partial charge in [-0.25, -0.2) is 0 Å². The summed E-state index contributed by atoms with van der Waals surface area (Å²) in [6.45, 7) is 0.0624. The summed E-state index contributed by atoms with van der Waals surface area (Å²) in [6, 6.07) is 21.8. The smallest absolute Gasteiger partial charge is 0.263 e. The van der Waals surface area contributed by atoms with Crippen molar-refractivity contribution in [1.29, 1.82) is 0 Å². The molecule has 3 aromatic rings. The van der Waals surface area contributed by atoms with E-state index in [1.807, 2.05) is 48.5 Å². The Morgan fingerprint density at radius 3 is 2.07 bits per heavy atom. The summed E-state index contributed by atoms with van der Waals surface area (Å²) in [5.74, 6) is -0.275. The number of hydrogen-bond acceptors (Lipinski definition) is 4. The number of nitrogens with zero attached hydrogens (tertiary/aromatic N) is 2. The van der Waals surface area contributed by atoms with E-state index in [0.29, 0.717) is 22.6 Å². The highest BCUT2D eigenvalue weighted by atomic mass is 16.5. The molecule has 0 aromatic heterocycles. The molecule has 6 heteroatoms. The second kappa shape index (κ2) is 5.79. The van der Waals surface area contributed by atoms with Crippen LogP contribution in [0.1, 0.15) is 31.8 Å². The van der Waals surface area contributed by atoms with E-state index in [1.165, 1.54) is 4.90 Å². The topological polar surface area (TPSA) is 66.9 Å². The molecule has 0 saturated carbocycles. The third-order valence-corrected chi connectivity index (χ3v) is 6.22. The lowest BCUT2D eigenvalue weighted by atomic mass is 9.77. The van der Waals surface area contributed by atoms with Gasteiger partial charge in [0.2, 0.25) is 5.91 Å². The van der Waals surface area contributed by atoms with Gasteiger partial charge < -0.3 is 4.74 Å². The standard InChI is InChI=1S/C24H16N2O4/c27-21-15-7-1-2-8-16(15)22(28)26(21)14-25-19-11-5-3-9-17(19)24(23(25)29)13-30-20-12-6-4-10-18(20)24/h1-12H,13-14H2. The van der Waals surface area contributed by atoms with Crippen molar-refractivity contribution < 1.29 is 19.1 Å². The monoisotopic (exact) mass is 396 g/mol. The number of benzene rings is 3. The average molecular weight is 396 g/mol.